The minimum absolute atomic E-state index is 0.103. The minimum Gasteiger partial charge on any atom is -0.465 e. The van der Waals surface area contributed by atoms with Crippen molar-refractivity contribution in [1.29, 1.82) is 0 Å². The molecule has 1 amide bonds. The Morgan fingerprint density at radius 3 is 2.70 bits per heavy atom. The van der Waals surface area contributed by atoms with E-state index in [1.807, 2.05) is 6.07 Å². The summed E-state index contributed by atoms with van der Waals surface area (Å²) >= 11 is 0. The lowest BCUT2D eigenvalue weighted by molar-refractivity contribution is -0.152. The van der Waals surface area contributed by atoms with Crippen LogP contribution in [0.4, 0.5) is 5.69 Å². The van der Waals surface area contributed by atoms with E-state index in [4.69, 9.17) is 4.74 Å². The number of nitrogens with zero attached hydrogens (tertiary/aromatic N) is 2. The van der Waals surface area contributed by atoms with E-state index in [0.29, 0.717) is 11.3 Å². The summed E-state index contributed by atoms with van der Waals surface area (Å²) in [4.78, 5) is 46.9. The maximum atomic E-state index is 13.1. The van der Waals surface area contributed by atoms with E-state index in [9.17, 15) is 14.4 Å². The van der Waals surface area contributed by atoms with Crippen LogP contribution in [0.15, 0.2) is 54.9 Å². The van der Waals surface area contributed by atoms with Gasteiger partial charge in [-0.15, -0.1) is 0 Å². The number of hydrogen-bond acceptors (Lipinski definition) is 5. The molecule has 1 aromatic heterocycles. The van der Waals surface area contributed by atoms with Crippen LogP contribution in [0.1, 0.15) is 18.5 Å². The number of H-pyrrole nitrogens is 1. The Kier molecular flexibility index (Phi) is 4.19. The molecule has 136 valence electrons. The molecular weight excluding hydrogens is 346 g/mol. The summed E-state index contributed by atoms with van der Waals surface area (Å²) in [6.45, 7) is 1.74. The molecule has 0 spiro atoms. The van der Waals surface area contributed by atoms with E-state index < -0.39 is 29.6 Å². The van der Waals surface area contributed by atoms with Crippen LogP contribution >= 0.6 is 0 Å². The zero-order valence-electron chi connectivity index (χ0n) is 14.6. The number of carbonyl (C=O) groups is 3. The SMILES string of the molecule is CCOC(=O)C1C(=O)C(c2ccccc2)N(c2ccc3nc[nH]c3c2)C1=O. The summed E-state index contributed by atoms with van der Waals surface area (Å²) in [5.74, 6) is -3.31. The van der Waals surface area contributed by atoms with Crippen molar-refractivity contribution >= 4 is 34.4 Å². The number of carbonyl (C=O) groups excluding carboxylic acids is 3. The molecule has 2 atom stereocenters. The predicted molar refractivity (Wildman–Crippen MR) is 97.9 cm³/mol. The summed E-state index contributed by atoms with van der Waals surface area (Å²) < 4.78 is 4.97. The largest absolute Gasteiger partial charge is 0.465 e. The quantitative estimate of drug-likeness (QED) is 0.568. The molecule has 0 saturated carbocycles. The summed E-state index contributed by atoms with van der Waals surface area (Å²) in [7, 11) is 0. The van der Waals surface area contributed by atoms with Crippen LogP contribution < -0.4 is 4.90 Å². The molecule has 27 heavy (non-hydrogen) atoms. The zero-order chi connectivity index (χ0) is 19.0. The second-order valence-corrected chi connectivity index (χ2v) is 6.21. The first-order valence-corrected chi connectivity index (χ1v) is 8.63. The molecule has 2 unspecified atom stereocenters. The highest BCUT2D eigenvalue weighted by molar-refractivity contribution is 6.29. The van der Waals surface area contributed by atoms with Crippen molar-refractivity contribution in [2.75, 3.05) is 11.5 Å². The van der Waals surface area contributed by atoms with Gasteiger partial charge in [-0.2, -0.15) is 0 Å². The van der Waals surface area contributed by atoms with Gasteiger partial charge in [0.1, 0.15) is 6.04 Å². The maximum absolute atomic E-state index is 13.1. The number of rotatable bonds is 4. The first-order chi connectivity index (χ1) is 13.1. The summed E-state index contributed by atoms with van der Waals surface area (Å²) in [5.41, 5.74) is 2.65. The minimum atomic E-state index is -1.45. The molecule has 1 N–H and O–H groups in total. The molecule has 1 aliphatic heterocycles. The zero-order valence-corrected chi connectivity index (χ0v) is 14.6. The third kappa shape index (κ3) is 2.77. The second-order valence-electron chi connectivity index (χ2n) is 6.21. The standard InChI is InChI=1S/C20H17N3O4/c1-2-27-20(26)16-18(24)17(12-6-4-3-5-7-12)23(19(16)25)13-8-9-14-15(10-13)22-11-21-14/h3-11,16-17H,2H2,1H3,(H,21,22). The number of imidazole rings is 1. The van der Waals surface area contributed by atoms with Gasteiger partial charge in [0.15, 0.2) is 11.7 Å². The van der Waals surface area contributed by atoms with E-state index in [0.717, 1.165) is 11.0 Å². The number of hydrogen-bond donors (Lipinski definition) is 1. The number of ether oxygens (including phenoxy) is 1. The van der Waals surface area contributed by atoms with Crippen LogP contribution in [-0.2, 0) is 19.1 Å². The molecule has 7 heteroatoms. The van der Waals surface area contributed by atoms with Crippen molar-refractivity contribution in [3.8, 4) is 0 Å². The molecule has 4 rings (SSSR count). The molecule has 2 aromatic carbocycles. The van der Waals surface area contributed by atoms with E-state index in [-0.39, 0.29) is 6.61 Å². The first-order valence-electron chi connectivity index (χ1n) is 8.63. The van der Waals surface area contributed by atoms with Crippen molar-refractivity contribution < 1.29 is 19.1 Å². The van der Waals surface area contributed by atoms with Crippen LogP contribution in [0.5, 0.6) is 0 Å². The number of amides is 1. The van der Waals surface area contributed by atoms with Crippen LogP contribution in [-0.4, -0.2) is 34.2 Å². The van der Waals surface area contributed by atoms with Crippen molar-refractivity contribution in [3.05, 3.63) is 60.4 Å². The van der Waals surface area contributed by atoms with Gasteiger partial charge in [-0.05, 0) is 30.7 Å². The predicted octanol–water partition coefficient (Wildman–Crippen LogP) is 2.40. The van der Waals surface area contributed by atoms with Gasteiger partial charge >= 0.3 is 5.97 Å². The smallest absolute Gasteiger partial charge is 0.326 e. The number of anilines is 1. The number of benzene rings is 2. The Morgan fingerprint density at radius 2 is 1.96 bits per heavy atom. The monoisotopic (exact) mass is 363 g/mol. The number of aromatic amines is 1. The molecule has 1 aliphatic rings. The van der Waals surface area contributed by atoms with Crippen LogP contribution in [0, 0.1) is 5.92 Å². The Balaban J connectivity index is 1.83. The van der Waals surface area contributed by atoms with Gasteiger partial charge < -0.3 is 9.72 Å². The Morgan fingerprint density at radius 1 is 1.19 bits per heavy atom. The average molecular weight is 363 g/mol. The normalized spacial score (nSPS) is 19.7. The topological polar surface area (TPSA) is 92.4 Å². The van der Waals surface area contributed by atoms with Gasteiger partial charge in [-0.1, -0.05) is 30.3 Å². The van der Waals surface area contributed by atoms with Gasteiger partial charge in [0.05, 0.1) is 24.0 Å². The number of ketones is 1. The van der Waals surface area contributed by atoms with Gasteiger partial charge in [-0.25, -0.2) is 4.98 Å². The van der Waals surface area contributed by atoms with Gasteiger partial charge in [0.2, 0.25) is 5.91 Å². The van der Waals surface area contributed by atoms with Crippen molar-refractivity contribution in [3.63, 3.8) is 0 Å². The lowest BCUT2D eigenvalue weighted by atomic mass is 9.98. The van der Waals surface area contributed by atoms with E-state index in [1.54, 1.807) is 55.7 Å². The van der Waals surface area contributed by atoms with Gasteiger partial charge in [-0.3, -0.25) is 19.3 Å². The summed E-state index contributed by atoms with van der Waals surface area (Å²) in [5, 5.41) is 0. The summed E-state index contributed by atoms with van der Waals surface area (Å²) in [6.07, 6.45) is 1.56. The van der Waals surface area contributed by atoms with Crippen molar-refractivity contribution in [2.24, 2.45) is 5.92 Å². The van der Waals surface area contributed by atoms with Crippen molar-refractivity contribution in [2.45, 2.75) is 13.0 Å². The van der Waals surface area contributed by atoms with E-state index in [1.165, 1.54) is 4.90 Å². The first kappa shape index (κ1) is 17.0. The highest BCUT2D eigenvalue weighted by atomic mass is 16.5. The third-order valence-electron chi connectivity index (χ3n) is 4.62. The van der Waals surface area contributed by atoms with Gasteiger partial charge in [0, 0.05) is 5.69 Å². The average Bonchev–Trinajstić information content (AvgIpc) is 3.24. The molecular formula is C20H17N3O4. The fourth-order valence-electron chi connectivity index (χ4n) is 3.41. The number of nitrogens with one attached hydrogen (secondary N) is 1. The maximum Gasteiger partial charge on any atom is 0.326 e. The van der Waals surface area contributed by atoms with Crippen molar-refractivity contribution in [1.82, 2.24) is 9.97 Å². The molecule has 3 aromatic rings. The summed E-state index contributed by atoms with van der Waals surface area (Å²) in [6, 6.07) is 13.3. The van der Waals surface area contributed by atoms with Crippen LogP contribution in [0.25, 0.3) is 11.0 Å². The number of fused-ring (bicyclic) bond motifs is 1. The molecule has 1 fully saturated rings. The lowest BCUT2D eigenvalue weighted by Crippen LogP contribution is -2.32. The highest BCUT2D eigenvalue weighted by Crippen LogP contribution is 2.38. The third-order valence-corrected chi connectivity index (χ3v) is 4.62. The molecule has 7 nitrogen and oxygen atoms in total. The second kappa shape index (κ2) is 6.68. The van der Waals surface area contributed by atoms with Crippen LogP contribution in [0.2, 0.25) is 0 Å². The Labute approximate surface area is 155 Å². The Bertz CT molecular complexity index is 1030. The Hall–Kier alpha value is -3.48. The number of Topliss-reactive ketones (excluding diaryl/α,β-unsaturated/α-hetero) is 1. The number of aromatic nitrogens is 2. The van der Waals surface area contributed by atoms with E-state index in [2.05, 4.69) is 9.97 Å². The van der Waals surface area contributed by atoms with Gasteiger partial charge in [0.25, 0.3) is 0 Å². The fourth-order valence-corrected chi connectivity index (χ4v) is 3.41. The lowest BCUT2D eigenvalue weighted by Gasteiger charge is -2.24. The molecule has 0 radical (unpaired) electrons. The molecule has 0 aliphatic carbocycles. The molecule has 0 bridgehead atoms. The number of esters is 1. The van der Waals surface area contributed by atoms with E-state index >= 15 is 0 Å². The highest BCUT2D eigenvalue weighted by Gasteiger charge is 2.53. The molecule has 2 heterocycles. The fraction of sp³-hybridized carbons (Fsp3) is 0.200. The molecule has 1 saturated heterocycles. The van der Waals surface area contributed by atoms with Crippen LogP contribution in [0.3, 0.4) is 0 Å².